The van der Waals surface area contributed by atoms with Crippen LogP contribution in [-0.2, 0) is 11.2 Å². The zero-order valence-corrected chi connectivity index (χ0v) is 15.4. The van der Waals surface area contributed by atoms with Crippen LogP contribution in [0.2, 0.25) is 5.02 Å². The summed E-state index contributed by atoms with van der Waals surface area (Å²) >= 11 is 5.85. The Balaban J connectivity index is 1.39. The number of nitrogens with zero attached hydrogens (tertiary/aromatic N) is 1. The summed E-state index contributed by atoms with van der Waals surface area (Å²) in [6.45, 7) is 0.502. The Morgan fingerprint density at radius 2 is 1.70 bits per heavy atom. The molecule has 0 aliphatic rings. The Bertz CT molecular complexity index is 853. The van der Waals surface area contributed by atoms with Crippen molar-refractivity contribution in [1.82, 2.24) is 10.3 Å². The first-order chi connectivity index (χ1) is 13.2. The summed E-state index contributed by atoms with van der Waals surface area (Å²) in [5.74, 6) is 1.59. The number of nitrogens with one attached hydrogen (secondary N) is 1. The maximum absolute atomic E-state index is 11.9. The molecule has 6 heteroatoms. The molecule has 3 rings (SSSR count). The molecule has 3 aromatic rings. The average molecular weight is 383 g/mol. The summed E-state index contributed by atoms with van der Waals surface area (Å²) in [6, 6.07) is 20.0. The summed E-state index contributed by atoms with van der Waals surface area (Å²) in [7, 11) is 0. The third-order valence-electron chi connectivity index (χ3n) is 3.70. The van der Waals surface area contributed by atoms with Gasteiger partial charge in [0.2, 0.25) is 5.88 Å². The molecule has 0 radical (unpaired) electrons. The van der Waals surface area contributed by atoms with Crippen molar-refractivity contribution in [2.24, 2.45) is 0 Å². The lowest BCUT2D eigenvalue weighted by molar-refractivity contribution is -0.123. The molecule has 1 amide bonds. The van der Waals surface area contributed by atoms with Crippen LogP contribution < -0.4 is 14.8 Å². The van der Waals surface area contributed by atoms with Crippen molar-refractivity contribution in [3.63, 3.8) is 0 Å². The second-order valence-corrected chi connectivity index (χ2v) is 6.19. The maximum Gasteiger partial charge on any atom is 0.257 e. The van der Waals surface area contributed by atoms with Crippen molar-refractivity contribution < 1.29 is 14.3 Å². The second-order valence-electron chi connectivity index (χ2n) is 5.76. The number of carbonyl (C=O) groups excluding carboxylic acids is 1. The van der Waals surface area contributed by atoms with E-state index in [1.165, 1.54) is 0 Å². The Morgan fingerprint density at radius 1 is 0.963 bits per heavy atom. The van der Waals surface area contributed by atoms with Crippen LogP contribution in [-0.4, -0.2) is 24.0 Å². The van der Waals surface area contributed by atoms with Crippen LogP contribution in [0.15, 0.2) is 72.9 Å². The van der Waals surface area contributed by atoms with Gasteiger partial charge in [-0.1, -0.05) is 29.8 Å². The van der Waals surface area contributed by atoms with Crippen LogP contribution >= 0.6 is 11.6 Å². The first-order valence-electron chi connectivity index (χ1n) is 8.52. The van der Waals surface area contributed by atoms with Gasteiger partial charge in [0.05, 0.1) is 0 Å². The Morgan fingerprint density at radius 3 is 2.41 bits per heavy atom. The van der Waals surface area contributed by atoms with Gasteiger partial charge in [-0.05, 0) is 54.4 Å². The van der Waals surface area contributed by atoms with Gasteiger partial charge in [-0.15, -0.1) is 0 Å². The lowest BCUT2D eigenvalue weighted by atomic mass is 10.1. The summed E-state index contributed by atoms with van der Waals surface area (Å²) in [5.41, 5.74) is 1.11. The third kappa shape index (κ3) is 6.31. The van der Waals surface area contributed by atoms with Crippen molar-refractivity contribution in [3.8, 4) is 17.4 Å². The minimum atomic E-state index is -0.169. The molecule has 1 heterocycles. The molecule has 2 aromatic carbocycles. The Hall–Kier alpha value is -3.05. The standard InChI is InChI=1S/C21H19ClN2O3/c22-17-6-4-16(5-7-17)12-14-23-20(25)15-26-18-8-10-19(11-9-18)27-21-3-1-2-13-24-21/h1-11,13H,12,14-15H2,(H,23,25). The molecule has 5 nitrogen and oxygen atoms in total. The summed E-state index contributed by atoms with van der Waals surface area (Å²) in [5, 5.41) is 3.53. The lowest BCUT2D eigenvalue weighted by Crippen LogP contribution is -2.30. The van der Waals surface area contributed by atoms with Crippen molar-refractivity contribution in [2.75, 3.05) is 13.2 Å². The molecule has 0 aliphatic heterocycles. The first kappa shape index (κ1) is 18.7. The van der Waals surface area contributed by atoms with Gasteiger partial charge in [-0.2, -0.15) is 0 Å². The molecule has 0 saturated heterocycles. The highest BCUT2D eigenvalue weighted by Crippen LogP contribution is 2.22. The fraction of sp³-hybridized carbons (Fsp3) is 0.143. The topological polar surface area (TPSA) is 60.5 Å². The van der Waals surface area contributed by atoms with Crippen molar-refractivity contribution >= 4 is 17.5 Å². The minimum absolute atomic E-state index is 0.0406. The summed E-state index contributed by atoms with van der Waals surface area (Å²) < 4.78 is 11.1. The van der Waals surface area contributed by atoms with Crippen LogP contribution in [0, 0.1) is 0 Å². The molecule has 0 atom stereocenters. The van der Waals surface area contributed by atoms with Crippen LogP contribution in [0.25, 0.3) is 0 Å². The van der Waals surface area contributed by atoms with E-state index in [-0.39, 0.29) is 12.5 Å². The van der Waals surface area contributed by atoms with Crippen molar-refractivity contribution in [1.29, 1.82) is 0 Å². The van der Waals surface area contributed by atoms with Gasteiger partial charge in [0.25, 0.3) is 5.91 Å². The molecule has 0 unspecified atom stereocenters. The lowest BCUT2D eigenvalue weighted by Gasteiger charge is -2.09. The van der Waals surface area contributed by atoms with E-state index in [1.807, 2.05) is 36.4 Å². The molecule has 1 aromatic heterocycles. The molecule has 0 aliphatic carbocycles. The van der Waals surface area contributed by atoms with Crippen LogP contribution in [0.5, 0.6) is 17.4 Å². The Labute approximate surface area is 162 Å². The second kappa shape index (κ2) is 9.59. The van der Waals surface area contributed by atoms with Gasteiger partial charge in [0.1, 0.15) is 11.5 Å². The number of rotatable bonds is 8. The van der Waals surface area contributed by atoms with E-state index in [0.29, 0.717) is 28.9 Å². The molecule has 0 saturated carbocycles. The average Bonchev–Trinajstić information content (AvgIpc) is 2.70. The Kier molecular flexibility index (Phi) is 6.66. The van der Waals surface area contributed by atoms with E-state index < -0.39 is 0 Å². The maximum atomic E-state index is 11.9. The number of benzene rings is 2. The molecule has 138 valence electrons. The number of halogens is 1. The highest BCUT2D eigenvalue weighted by molar-refractivity contribution is 6.30. The van der Waals surface area contributed by atoms with Crippen molar-refractivity contribution in [3.05, 3.63) is 83.5 Å². The minimum Gasteiger partial charge on any atom is -0.484 e. The monoisotopic (exact) mass is 382 g/mol. The van der Waals surface area contributed by atoms with E-state index in [0.717, 1.165) is 12.0 Å². The number of hydrogen-bond acceptors (Lipinski definition) is 4. The SMILES string of the molecule is O=C(COc1ccc(Oc2ccccn2)cc1)NCCc1ccc(Cl)cc1. The molecule has 27 heavy (non-hydrogen) atoms. The molecule has 0 spiro atoms. The molecule has 0 fully saturated rings. The number of hydrogen-bond donors (Lipinski definition) is 1. The quantitative estimate of drug-likeness (QED) is 0.632. The number of pyridine rings is 1. The van der Waals surface area contributed by atoms with E-state index >= 15 is 0 Å². The third-order valence-corrected chi connectivity index (χ3v) is 3.95. The van der Waals surface area contributed by atoms with E-state index in [9.17, 15) is 4.79 Å². The predicted octanol–water partition coefficient (Wildman–Crippen LogP) is 4.27. The zero-order valence-electron chi connectivity index (χ0n) is 14.6. The van der Waals surface area contributed by atoms with E-state index in [1.54, 1.807) is 36.5 Å². The van der Waals surface area contributed by atoms with Gasteiger partial charge < -0.3 is 14.8 Å². The number of amides is 1. The molecule has 0 bridgehead atoms. The highest BCUT2D eigenvalue weighted by atomic mass is 35.5. The van der Waals surface area contributed by atoms with Gasteiger partial charge in [0.15, 0.2) is 6.61 Å². The first-order valence-corrected chi connectivity index (χ1v) is 8.90. The molecule has 1 N–H and O–H groups in total. The number of aromatic nitrogens is 1. The highest BCUT2D eigenvalue weighted by Gasteiger charge is 2.04. The molecular formula is C21H19ClN2O3. The summed E-state index contributed by atoms with van der Waals surface area (Å²) in [4.78, 5) is 16.0. The van der Waals surface area contributed by atoms with E-state index in [4.69, 9.17) is 21.1 Å². The van der Waals surface area contributed by atoms with Crippen molar-refractivity contribution in [2.45, 2.75) is 6.42 Å². The van der Waals surface area contributed by atoms with Gasteiger partial charge in [0, 0.05) is 23.8 Å². The van der Waals surface area contributed by atoms with Gasteiger partial charge in [-0.3, -0.25) is 4.79 Å². The van der Waals surface area contributed by atoms with Gasteiger partial charge >= 0.3 is 0 Å². The molecular weight excluding hydrogens is 364 g/mol. The fourth-order valence-electron chi connectivity index (χ4n) is 2.33. The number of ether oxygens (including phenoxy) is 2. The van der Waals surface area contributed by atoms with Gasteiger partial charge in [-0.25, -0.2) is 4.98 Å². The smallest absolute Gasteiger partial charge is 0.257 e. The summed E-state index contributed by atoms with van der Waals surface area (Å²) in [6.07, 6.45) is 2.40. The zero-order chi connectivity index (χ0) is 18.9. The predicted molar refractivity (Wildman–Crippen MR) is 104 cm³/mol. The number of carbonyl (C=O) groups is 1. The van der Waals surface area contributed by atoms with E-state index in [2.05, 4.69) is 10.3 Å². The fourth-order valence-corrected chi connectivity index (χ4v) is 2.46. The van der Waals surface area contributed by atoms with Crippen LogP contribution in [0.4, 0.5) is 0 Å². The normalized spacial score (nSPS) is 10.3. The van der Waals surface area contributed by atoms with Crippen LogP contribution in [0.1, 0.15) is 5.56 Å². The largest absolute Gasteiger partial charge is 0.484 e. The van der Waals surface area contributed by atoms with Crippen LogP contribution in [0.3, 0.4) is 0 Å².